The van der Waals surface area contributed by atoms with E-state index in [1.807, 2.05) is 0 Å². The van der Waals surface area contributed by atoms with E-state index in [1.165, 1.54) is 49.1 Å². The van der Waals surface area contributed by atoms with Crippen LogP contribution in [0.5, 0.6) is 0 Å². The SMILES string of the molecule is CCC1CCCC(n2nc(C)c(C(CC)NC)c2C)C1. The van der Waals surface area contributed by atoms with Crippen molar-refractivity contribution in [3.8, 4) is 0 Å². The van der Waals surface area contributed by atoms with E-state index in [0.717, 1.165) is 12.3 Å². The maximum absolute atomic E-state index is 4.90. The summed E-state index contributed by atoms with van der Waals surface area (Å²) in [6, 6.07) is 1.06. The molecule has 0 radical (unpaired) electrons. The molecule has 1 aromatic rings. The zero-order chi connectivity index (χ0) is 14.7. The first-order chi connectivity index (χ1) is 9.62. The summed E-state index contributed by atoms with van der Waals surface area (Å²) in [6.45, 7) is 8.99. The summed E-state index contributed by atoms with van der Waals surface area (Å²) < 4.78 is 2.34. The molecule has 0 aliphatic heterocycles. The molecule has 0 saturated heterocycles. The van der Waals surface area contributed by atoms with Crippen LogP contribution in [0.2, 0.25) is 0 Å². The quantitative estimate of drug-likeness (QED) is 0.869. The Bertz CT molecular complexity index is 432. The monoisotopic (exact) mass is 277 g/mol. The van der Waals surface area contributed by atoms with Crippen LogP contribution in [0.3, 0.4) is 0 Å². The highest BCUT2D eigenvalue weighted by molar-refractivity contribution is 5.28. The highest BCUT2D eigenvalue weighted by Gasteiger charge is 2.26. The summed E-state index contributed by atoms with van der Waals surface area (Å²) in [5.74, 6) is 0.896. The second-order valence-electron chi connectivity index (χ2n) is 6.37. The lowest BCUT2D eigenvalue weighted by Gasteiger charge is -2.29. The maximum atomic E-state index is 4.90. The third-order valence-corrected chi connectivity index (χ3v) is 5.16. The van der Waals surface area contributed by atoms with Crippen LogP contribution < -0.4 is 5.32 Å². The molecule has 1 heterocycles. The van der Waals surface area contributed by atoms with Crippen molar-refractivity contribution in [2.45, 2.75) is 78.3 Å². The van der Waals surface area contributed by atoms with Gasteiger partial charge in [-0.25, -0.2) is 0 Å². The van der Waals surface area contributed by atoms with E-state index >= 15 is 0 Å². The molecule has 3 nitrogen and oxygen atoms in total. The molecule has 0 amide bonds. The van der Waals surface area contributed by atoms with Crippen molar-refractivity contribution in [3.63, 3.8) is 0 Å². The molecule has 1 saturated carbocycles. The van der Waals surface area contributed by atoms with Gasteiger partial charge >= 0.3 is 0 Å². The van der Waals surface area contributed by atoms with Gasteiger partial charge in [-0.3, -0.25) is 4.68 Å². The Kier molecular flexibility index (Phi) is 5.25. The number of hydrogen-bond acceptors (Lipinski definition) is 2. The number of aryl methyl sites for hydroxylation is 1. The number of aromatic nitrogens is 2. The van der Waals surface area contributed by atoms with Crippen molar-refractivity contribution in [1.82, 2.24) is 15.1 Å². The molecule has 0 aromatic carbocycles. The number of rotatable bonds is 5. The Balaban J connectivity index is 2.27. The fourth-order valence-corrected chi connectivity index (χ4v) is 3.94. The predicted octanol–water partition coefficient (Wildman–Crippen LogP) is 4.31. The summed E-state index contributed by atoms with van der Waals surface area (Å²) in [4.78, 5) is 0. The average Bonchev–Trinajstić information content (AvgIpc) is 2.77. The number of nitrogens with one attached hydrogen (secondary N) is 1. The Morgan fingerprint density at radius 3 is 2.65 bits per heavy atom. The molecular formula is C17H31N3. The molecule has 3 atom stereocenters. The molecule has 0 spiro atoms. The van der Waals surface area contributed by atoms with E-state index in [0.29, 0.717) is 12.1 Å². The van der Waals surface area contributed by atoms with E-state index < -0.39 is 0 Å². The van der Waals surface area contributed by atoms with Gasteiger partial charge in [-0.1, -0.05) is 33.1 Å². The molecule has 1 aliphatic carbocycles. The van der Waals surface area contributed by atoms with E-state index in [1.54, 1.807) is 0 Å². The molecule has 1 aliphatic rings. The molecule has 2 rings (SSSR count). The van der Waals surface area contributed by atoms with Crippen LogP contribution in [0.15, 0.2) is 0 Å². The topological polar surface area (TPSA) is 29.9 Å². The van der Waals surface area contributed by atoms with E-state index in [-0.39, 0.29) is 0 Å². The molecule has 3 heteroatoms. The van der Waals surface area contributed by atoms with E-state index in [9.17, 15) is 0 Å². The number of hydrogen-bond donors (Lipinski definition) is 1. The first-order valence-corrected chi connectivity index (χ1v) is 8.35. The second-order valence-corrected chi connectivity index (χ2v) is 6.37. The number of nitrogens with zero attached hydrogens (tertiary/aromatic N) is 2. The van der Waals surface area contributed by atoms with Crippen molar-refractivity contribution < 1.29 is 0 Å². The lowest BCUT2D eigenvalue weighted by atomic mass is 9.84. The van der Waals surface area contributed by atoms with Crippen molar-refractivity contribution in [2.75, 3.05) is 7.05 Å². The van der Waals surface area contributed by atoms with Crippen LogP contribution in [0.4, 0.5) is 0 Å². The van der Waals surface area contributed by atoms with Crippen molar-refractivity contribution in [3.05, 3.63) is 17.0 Å². The van der Waals surface area contributed by atoms with Crippen molar-refractivity contribution in [1.29, 1.82) is 0 Å². The van der Waals surface area contributed by atoms with Gasteiger partial charge in [0.2, 0.25) is 0 Å². The highest BCUT2D eigenvalue weighted by Crippen LogP contribution is 2.36. The third-order valence-electron chi connectivity index (χ3n) is 5.16. The fraction of sp³-hybridized carbons (Fsp3) is 0.824. The van der Waals surface area contributed by atoms with Gasteiger partial charge in [0, 0.05) is 17.3 Å². The third kappa shape index (κ3) is 2.93. The fourth-order valence-electron chi connectivity index (χ4n) is 3.94. The van der Waals surface area contributed by atoms with Crippen molar-refractivity contribution in [2.24, 2.45) is 5.92 Å². The van der Waals surface area contributed by atoms with E-state index in [4.69, 9.17) is 5.10 Å². The lowest BCUT2D eigenvalue weighted by molar-refractivity contribution is 0.244. The molecule has 1 aromatic heterocycles. The summed E-state index contributed by atoms with van der Waals surface area (Å²) >= 11 is 0. The Morgan fingerprint density at radius 1 is 1.30 bits per heavy atom. The van der Waals surface area contributed by atoms with Gasteiger partial charge in [-0.15, -0.1) is 0 Å². The lowest BCUT2D eigenvalue weighted by Crippen LogP contribution is -2.21. The van der Waals surface area contributed by atoms with Crippen molar-refractivity contribution >= 4 is 0 Å². The summed E-state index contributed by atoms with van der Waals surface area (Å²) in [5, 5.41) is 8.33. The average molecular weight is 277 g/mol. The molecule has 1 fully saturated rings. The highest BCUT2D eigenvalue weighted by atomic mass is 15.3. The summed E-state index contributed by atoms with van der Waals surface area (Å²) in [5.41, 5.74) is 4.02. The Morgan fingerprint density at radius 2 is 2.05 bits per heavy atom. The Hall–Kier alpha value is -0.830. The molecule has 1 N–H and O–H groups in total. The van der Waals surface area contributed by atoms with Gasteiger partial charge < -0.3 is 5.32 Å². The van der Waals surface area contributed by atoms with Crippen LogP contribution in [-0.2, 0) is 0 Å². The normalized spacial score (nSPS) is 24.9. The standard InChI is InChI=1S/C17H31N3/c1-6-14-9-8-10-15(11-14)20-13(4)17(12(3)19-20)16(7-2)18-5/h14-16,18H,6-11H2,1-5H3. The molecule has 3 unspecified atom stereocenters. The summed E-state index contributed by atoms with van der Waals surface area (Å²) in [7, 11) is 2.05. The van der Waals surface area contributed by atoms with Crippen LogP contribution in [0.1, 0.15) is 81.4 Å². The molecule has 114 valence electrons. The molecule has 0 bridgehead atoms. The first-order valence-electron chi connectivity index (χ1n) is 8.35. The minimum atomic E-state index is 0.439. The molecular weight excluding hydrogens is 246 g/mol. The first kappa shape index (κ1) is 15.6. The predicted molar refractivity (Wildman–Crippen MR) is 85.1 cm³/mol. The van der Waals surface area contributed by atoms with Gasteiger partial charge in [0.05, 0.1) is 11.7 Å². The second kappa shape index (κ2) is 6.75. The zero-order valence-electron chi connectivity index (χ0n) is 13.9. The summed E-state index contributed by atoms with van der Waals surface area (Å²) in [6.07, 6.45) is 7.82. The largest absolute Gasteiger partial charge is 0.313 e. The minimum absolute atomic E-state index is 0.439. The van der Waals surface area contributed by atoms with Crippen LogP contribution in [-0.4, -0.2) is 16.8 Å². The van der Waals surface area contributed by atoms with Gasteiger partial charge in [0.1, 0.15) is 0 Å². The van der Waals surface area contributed by atoms with Gasteiger partial charge in [0.25, 0.3) is 0 Å². The van der Waals surface area contributed by atoms with Crippen LogP contribution in [0, 0.1) is 19.8 Å². The smallest absolute Gasteiger partial charge is 0.0644 e. The van der Waals surface area contributed by atoms with Gasteiger partial charge in [-0.05, 0) is 46.1 Å². The van der Waals surface area contributed by atoms with Crippen LogP contribution >= 0.6 is 0 Å². The van der Waals surface area contributed by atoms with Gasteiger partial charge in [-0.2, -0.15) is 5.10 Å². The van der Waals surface area contributed by atoms with E-state index in [2.05, 4.69) is 44.7 Å². The Labute approximate surface area is 124 Å². The van der Waals surface area contributed by atoms with Gasteiger partial charge in [0.15, 0.2) is 0 Å². The molecule has 20 heavy (non-hydrogen) atoms. The maximum Gasteiger partial charge on any atom is 0.0644 e. The minimum Gasteiger partial charge on any atom is -0.313 e. The zero-order valence-corrected chi connectivity index (χ0v) is 13.9. The van der Waals surface area contributed by atoms with Crippen LogP contribution in [0.25, 0.3) is 0 Å².